The maximum atomic E-state index is 13.0. The van der Waals surface area contributed by atoms with E-state index in [-0.39, 0.29) is 30.2 Å². The van der Waals surface area contributed by atoms with Crippen LogP contribution in [-0.2, 0) is 23.7 Å². The molecule has 4 rings (SSSR count). The largest absolute Gasteiger partial charge is 0.459 e. The Morgan fingerprint density at radius 3 is 1.53 bits per heavy atom. The molecule has 0 radical (unpaired) electrons. The van der Waals surface area contributed by atoms with Crippen LogP contribution < -0.4 is 5.32 Å². The maximum Gasteiger partial charge on any atom is 0.338 e. The SMILES string of the molecule is CC(=O)NC[C@@H]1O[C@H](COC(=O)c2ccccc2)[C@@H](OC(=O)c2ccccc2)[C@H]1OC(=O)c1ccccc1. The third kappa shape index (κ3) is 6.83. The summed E-state index contributed by atoms with van der Waals surface area (Å²) in [5.41, 5.74) is 0.911. The number of benzene rings is 3. The van der Waals surface area contributed by atoms with Gasteiger partial charge in [0.2, 0.25) is 5.91 Å². The molecule has 0 aliphatic carbocycles. The van der Waals surface area contributed by atoms with E-state index in [9.17, 15) is 19.2 Å². The van der Waals surface area contributed by atoms with Gasteiger partial charge in [0.15, 0.2) is 12.2 Å². The van der Waals surface area contributed by atoms with Gasteiger partial charge < -0.3 is 24.3 Å². The van der Waals surface area contributed by atoms with Crippen molar-refractivity contribution in [3.63, 3.8) is 0 Å². The third-order valence-corrected chi connectivity index (χ3v) is 5.85. The summed E-state index contributed by atoms with van der Waals surface area (Å²) in [5, 5.41) is 2.64. The Balaban J connectivity index is 1.58. The number of esters is 3. The Morgan fingerprint density at radius 2 is 1.08 bits per heavy atom. The summed E-state index contributed by atoms with van der Waals surface area (Å²) in [6, 6.07) is 25.0. The van der Waals surface area contributed by atoms with Crippen LogP contribution in [0.3, 0.4) is 0 Å². The highest BCUT2D eigenvalue weighted by atomic mass is 16.6. The van der Waals surface area contributed by atoms with Crippen molar-refractivity contribution in [3.8, 4) is 0 Å². The third-order valence-electron chi connectivity index (χ3n) is 5.85. The lowest BCUT2D eigenvalue weighted by atomic mass is 10.1. The van der Waals surface area contributed by atoms with Gasteiger partial charge in [0.05, 0.1) is 16.7 Å². The number of carbonyl (C=O) groups excluding carboxylic acids is 4. The minimum Gasteiger partial charge on any atom is -0.459 e. The molecule has 9 nitrogen and oxygen atoms in total. The van der Waals surface area contributed by atoms with E-state index in [0.29, 0.717) is 5.56 Å². The molecule has 9 heteroatoms. The lowest BCUT2D eigenvalue weighted by Crippen LogP contribution is -2.44. The normalized spacial score (nSPS) is 20.2. The summed E-state index contributed by atoms with van der Waals surface area (Å²) in [7, 11) is 0. The number of hydrogen-bond acceptors (Lipinski definition) is 8. The smallest absolute Gasteiger partial charge is 0.338 e. The van der Waals surface area contributed by atoms with Crippen LogP contribution in [0.1, 0.15) is 38.0 Å². The monoisotopic (exact) mass is 517 g/mol. The van der Waals surface area contributed by atoms with Gasteiger partial charge in [-0.15, -0.1) is 0 Å². The molecule has 38 heavy (non-hydrogen) atoms. The molecule has 1 N–H and O–H groups in total. The molecule has 1 aliphatic heterocycles. The van der Waals surface area contributed by atoms with Crippen molar-refractivity contribution in [2.45, 2.75) is 31.3 Å². The second-order valence-corrected chi connectivity index (χ2v) is 8.59. The van der Waals surface area contributed by atoms with E-state index in [1.54, 1.807) is 91.0 Å². The Morgan fingerprint density at radius 1 is 0.658 bits per heavy atom. The van der Waals surface area contributed by atoms with Crippen LogP contribution in [0.4, 0.5) is 0 Å². The predicted octanol–water partition coefficient (Wildman–Crippen LogP) is 3.20. The fourth-order valence-corrected chi connectivity index (χ4v) is 3.98. The van der Waals surface area contributed by atoms with Crippen LogP contribution in [0.2, 0.25) is 0 Å². The summed E-state index contributed by atoms with van der Waals surface area (Å²) >= 11 is 0. The first-order valence-electron chi connectivity index (χ1n) is 12.1. The molecule has 0 unspecified atom stereocenters. The molecular formula is C29H27NO8. The zero-order valence-corrected chi connectivity index (χ0v) is 20.6. The van der Waals surface area contributed by atoms with Crippen molar-refractivity contribution in [2.24, 2.45) is 0 Å². The highest BCUT2D eigenvalue weighted by Crippen LogP contribution is 2.29. The molecule has 0 aromatic heterocycles. The van der Waals surface area contributed by atoms with Crippen LogP contribution in [-0.4, -0.2) is 61.4 Å². The average Bonchev–Trinajstić information content (AvgIpc) is 3.27. The molecule has 3 aromatic carbocycles. The fraction of sp³-hybridized carbons (Fsp3) is 0.241. The standard InChI is InChI=1S/C29H27NO8/c1-19(31)30-17-23-25(37-28(33)21-13-7-3-8-14-21)26(38-29(34)22-15-9-4-10-16-22)24(36-23)18-35-27(32)20-11-5-2-6-12-20/h2-16,23-26H,17-18H2,1H3,(H,30,31)/t23-,24+,25-,26+/m0/s1. The lowest BCUT2D eigenvalue weighted by Gasteiger charge is -2.24. The van der Waals surface area contributed by atoms with Crippen LogP contribution in [0, 0.1) is 0 Å². The van der Waals surface area contributed by atoms with Crippen molar-refractivity contribution in [2.75, 3.05) is 13.2 Å². The zero-order chi connectivity index (χ0) is 26.9. The highest BCUT2D eigenvalue weighted by molar-refractivity contribution is 5.91. The molecule has 1 amide bonds. The number of ether oxygens (including phenoxy) is 4. The van der Waals surface area contributed by atoms with Crippen molar-refractivity contribution >= 4 is 23.8 Å². The predicted molar refractivity (Wildman–Crippen MR) is 135 cm³/mol. The maximum absolute atomic E-state index is 13.0. The molecule has 1 fully saturated rings. The van der Waals surface area contributed by atoms with Gasteiger partial charge in [-0.3, -0.25) is 4.79 Å². The molecule has 196 valence electrons. The van der Waals surface area contributed by atoms with Crippen molar-refractivity contribution in [1.82, 2.24) is 5.32 Å². The van der Waals surface area contributed by atoms with Gasteiger partial charge >= 0.3 is 17.9 Å². The van der Waals surface area contributed by atoms with Crippen LogP contribution in [0.5, 0.6) is 0 Å². The van der Waals surface area contributed by atoms with Crippen molar-refractivity contribution < 1.29 is 38.1 Å². The van der Waals surface area contributed by atoms with Gasteiger partial charge in [0.25, 0.3) is 0 Å². The van der Waals surface area contributed by atoms with Crippen LogP contribution in [0.25, 0.3) is 0 Å². The zero-order valence-electron chi connectivity index (χ0n) is 20.6. The van der Waals surface area contributed by atoms with E-state index in [0.717, 1.165) is 0 Å². The van der Waals surface area contributed by atoms with Gasteiger partial charge in [0.1, 0.15) is 18.8 Å². The molecule has 4 atom stereocenters. The summed E-state index contributed by atoms with van der Waals surface area (Å²) in [6.45, 7) is 1.03. The van der Waals surface area contributed by atoms with Gasteiger partial charge in [-0.25, -0.2) is 14.4 Å². The Kier molecular flexibility index (Phi) is 8.84. The van der Waals surface area contributed by atoms with E-state index < -0.39 is 42.3 Å². The number of nitrogens with one attached hydrogen (secondary N) is 1. The van der Waals surface area contributed by atoms with Gasteiger partial charge in [-0.05, 0) is 36.4 Å². The van der Waals surface area contributed by atoms with Gasteiger partial charge in [0, 0.05) is 13.5 Å². The Bertz CT molecular complexity index is 1250. The van der Waals surface area contributed by atoms with E-state index in [1.807, 2.05) is 0 Å². The van der Waals surface area contributed by atoms with Crippen molar-refractivity contribution in [1.29, 1.82) is 0 Å². The lowest BCUT2D eigenvalue weighted by molar-refractivity contribution is -0.119. The summed E-state index contributed by atoms with van der Waals surface area (Å²) in [6.07, 6.45) is -4.07. The van der Waals surface area contributed by atoms with E-state index in [4.69, 9.17) is 18.9 Å². The van der Waals surface area contributed by atoms with Crippen LogP contribution in [0.15, 0.2) is 91.0 Å². The van der Waals surface area contributed by atoms with Crippen LogP contribution >= 0.6 is 0 Å². The van der Waals surface area contributed by atoms with Gasteiger partial charge in [-0.2, -0.15) is 0 Å². The minimum absolute atomic E-state index is 0.0232. The molecule has 0 spiro atoms. The molecule has 1 heterocycles. The van der Waals surface area contributed by atoms with Crippen molar-refractivity contribution in [3.05, 3.63) is 108 Å². The fourth-order valence-electron chi connectivity index (χ4n) is 3.98. The number of hydrogen-bond donors (Lipinski definition) is 1. The summed E-state index contributed by atoms with van der Waals surface area (Å²) < 4.78 is 23.1. The first-order valence-corrected chi connectivity index (χ1v) is 12.1. The second-order valence-electron chi connectivity index (χ2n) is 8.59. The second kappa shape index (κ2) is 12.6. The molecule has 3 aromatic rings. The molecule has 0 saturated carbocycles. The number of amides is 1. The summed E-state index contributed by atoms with van der Waals surface area (Å²) in [5.74, 6) is -2.24. The van der Waals surface area contributed by atoms with Gasteiger partial charge in [-0.1, -0.05) is 54.6 Å². The topological polar surface area (TPSA) is 117 Å². The summed E-state index contributed by atoms with van der Waals surface area (Å²) in [4.78, 5) is 50.1. The molecule has 0 bridgehead atoms. The quantitative estimate of drug-likeness (QED) is 0.340. The first kappa shape index (κ1) is 26.6. The highest BCUT2D eigenvalue weighted by Gasteiger charge is 2.50. The molecular weight excluding hydrogens is 490 g/mol. The average molecular weight is 518 g/mol. The Hall–Kier alpha value is -4.50. The number of rotatable bonds is 9. The minimum atomic E-state index is -1.13. The Labute approximate surface area is 219 Å². The molecule has 1 saturated heterocycles. The number of carbonyl (C=O) groups is 4. The van der Waals surface area contributed by atoms with E-state index in [2.05, 4.69) is 5.32 Å². The van der Waals surface area contributed by atoms with E-state index >= 15 is 0 Å². The van der Waals surface area contributed by atoms with E-state index in [1.165, 1.54) is 6.92 Å². The molecule has 1 aliphatic rings. The first-order chi connectivity index (χ1) is 18.4.